The summed E-state index contributed by atoms with van der Waals surface area (Å²) in [6.07, 6.45) is 1.62. The first kappa shape index (κ1) is 18.5. The number of nitrogens with two attached hydrogens (primary N) is 1. The summed E-state index contributed by atoms with van der Waals surface area (Å²) in [4.78, 5) is 17.2. The highest BCUT2D eigenvalue weighted by molar-refractivity contribution is 5.78. The second-order valence-corrected chi connectivity index (χ2v) is 7.23. The number of carbonyl (C=O) groups is 1. The predicted octanol–water partition coefficient (Wildman–Crippen LogP) is 3.18. The molecule has 1 aliphatic heterocycles. The number of carbonyl (C=O) groups excluding carboxylic acids is 1. The van der Waals surface area contributed by atoms with E-state index in [0.29, 0.717) is 12.3 Å². The molecular weight excluding hydrogens is 322 g/mol. The summed E-state index contributed by atoms with van der Waals surface area (Å²) in [7, 11) is 0. The third-order valence-corrected chi connectivity index (χ3v) is 5.17. The molecule has 0 bridgehead atoms. The van der Waals surface area contributed by atoms with Crippen molar-refractivity contribution in [3.05, 3.63) is 65.7 Å². The molecule has 0 aliphatic carbocycles. The lowest BCUT2D eigenvalue weighted by molar-refractivity contribution is -0.130. The van der Waals surface area contributed by atoms with Crippen LogP contribution in [0.5, 0.6) is 0 Å². The lowest BCUT2D eigenvalue weighted by Crippen LogP contribution is -2.37. The molecule has 4 nitrogen and oxygen atoms in total. The van der Waals surface area contributed by atoms with E-state index in [1.165, 1.54) is 12.0 Å². The van der Waals surface area contributed by atoms with E-state index in [1.54, 1.807) is 0 Å². The molecule has 0 radical (unpaired) electrons. The first-order valence-electron chi connectivity index (χ1n) is 9.52. The van der Waals surface area contributed by atoms with Gasteiger partial charge in [-0.05, 0) is 49.1 Å². The van der Waals surface area contributed by atoms with Crippen LogP contribution < -0.4 is 5.73 Å². The molecule has 2 aromatic rings. The summed E-state index contributed by atoms with van der Waals surface area (Å²) in [5, 5.41) is 0. The molecule has 1 fully saturated rings. The number of hydrogen-bond donors (Lipinski definition) is 1. The number of rotatable bonds is 7. The molecule has 1 saturated heterocycles. The van der Waals surface area contributed by atoms with Gasteiger partial charge in [0.05, 0.1) is 6.42 Å². The van der Waals surface area contributed by atoms with Gasteiger partial charge in [-0.15, -0.1) is 0 Å². The Morgan fingerprint density at radius 2 is 1.85 bits per heavy atom. The summed E-state index contributed by atoms with van der Waals surface area (Å²) in [5.74, 6) is 0.771. The topological polar surface area (TPSA) is 49.6 Å². The number of hydrogen-bond acceptors (Lipinski definition) is 3. The average Bonchev–Trinajstić information content (AvgIpc) is 3.09. The van der Waals surface area contributed by atoms with Crippen LogP contribution >= 0.6 is 0 Å². The van der Waals surface area contributed by atoms with Crippen LogP contribution in [0.15, 0.2) is 54.6 Å². The van der Waals surface area contributed by atoms with Crippen LogP contribution in [0.2, 0.25) is 0 Å². The maximum Gasteiger partial charge on any atom is 0.226 e. The molecular formula is C22H29N3O. The monoisotopic (exact) mass is 351 g/mol. The van der Waals surface area contributed by atoms with Gasteiger partial charge >= 0.3 is 0 Å². The van der Waals surface area contributed by atoms with E-state index in [9.17, 15) is 4.79 Å². The Balaban J connectivity index is 1.50. The Bertz CT molecular complexity index is 699. The number of nitrogens with zero attached hydrogens (tertiary/aromatic N) is 2. The Hall–Kier alpha value is -2.33. The molecule has 1 amide bonds. The van der Waals surface area contributed by atoms with Crippen molar-refractivity contribution in [3.8, 4) is 0 Å². The predicted molar refractivity (Wildman–Crippen MR) is 107 cm³/mol. The fraction of sp³-hybridized carbons (Fsp3) is 0.409. The Morgan fingerprint density at radius 3 is 2.54 bits per heavy atom. The summed E-state index contributed by atoms with van der Waals surface area (Å²) in [6.45, 7) is 6.88. The van der Waals surface area contributed by atoms with Crippen molar-refractivity contribution in [2.45, 2.75) is 26.3 Å². The normalized spacial score (nSPS) is 17.3. The molecule has 1 aliphatic rings. The molecule has 26 heavy (non-hydrogen) atoms. The summed E-state index contributed by atoms with van der Waals surface area (Å²) < 4.78 is 0. The average molecular weight is 351 g/mol. The largest absolute Gasteiger partial charge is 0.399 e. The van der Waals surface area contributed by atoms with Crippen molar-refractivity contribution in [3.63, 3.8) is 0 Å². The zero-order valence-corrected chi connectivity index (χ0v) is 15.6. The molecule has 138 valence electrons. The molecule has 2 aromatic carbocycles. The number of likely N-dealkylation sites (N-methyl/N-ethyl adjacent to an activating group) is 1. The zero-order chi connectivity index (χ0) is 18.4. The van der Waals surface area contributed by atoms with E-state index in [-0.39, 0.29) is 5.91 Å². The van der Waals surface area contributed by atoms with Crippen LogP contribution in [-0.2, 0) is 17.8 Å². The highest BCUT2D eigenvalue weighted by atomic mass is 16.2. The highest BCUT2D eigenvalue weighted by Gasteiger charge is 2.25. The van der Waals surface area contributed by atoms with Crippen LogP contribution in [0.25, 0.3) is 0 Å². The minimum absolute atomic E-state index is 0.207. The fourth-order valence-electron chi connectivity index (χ4n) is 3.69. The van der Waals surface area contributed by atoms with Crippen LogP contribution in [0.4, 0.5) is 5.69 Å². The van der Waals surface area contributed by atoms with Gasteiger partial charge < -0.3 is 10.6 Å². The van der Waals surface area contributed by atoms with Crippen molar-refractivity contribution in [1.82, 2.24) is 9.80 Å². The van der Waals surface area contributed by atoms with E-state index < -0.39 is 0 Å². The molecule has 1 atom stereocenters. The minimum atomic E-state index is 0.207. The lowest BCUT2D eigenvalue weighted by Gasteiger charge is -2.25. The van der Waals surface area contributed by atoms with Gasteiger partial charge in [0, 0.05) is 31.9 Å². The number of benzene rings is 2. The van der Waals surface area contributed by atoms with Crippen molar-refractivity contribution >= 4 is 11.6 Å². The summed E-state index contributed by atoms with van der Waals surface area (Å²) in [5.41, 5.74) is 8.84. The number of likely N-dealkylation sites (tertiary alicyclic amines) is 1. The molecule has 0 aromatic heterocycles. The highest BCUT2D eigenvalue weighted by Crippen LogP contribution is 2.20. The van der Waals surface area contributed by atoms with Gasteiger partial charge in [-0.25, -0.2) is 0 Å². The van der Waals surface area contributed by atoms with Crippen molar-refractivity contribution < 1.29 is 4.79 Å². The van der Waals surface area contributed by atoms with E-state index in [4.69, 9.17) is 5.73 Å². The maximum absolute atomic E-state index is 12.7. The van der Waals surface area contributed by atoms with Crippen LogP contribution in [0.1, 0.15) is 24.5 Å². The van der Waals surface area contributed by atoms with Gasteiger partial charge in [-0.1, -0.05) is 42.5 Å². The molecule has 3 rings (SSSR count). The Morgan fingerprint density at radius 1 is 1.12 bits per heavy atom. The lowest BCUT2D eigenvalue weighted by atomic mass is 10.1. The number of nitrogen functional groups attached to an aromatic ring is 1. The molecule has 4 heteroatoms. The van der Waals surface area contributed by atoms with Crippen molar-refractivity contribution in [1.29, 1.82) is 0 Å². The van der Waals surface area contributed by atoms with Gasteiger partial charge in [-0.2, -0.15) is 0 Å². The smallest absolute Gasteiger partial charge is 0.226 e. The summed E-state index contributed by atoms with van der Waals surface area (Å²) in [6, 6.07) is 18.2. The number of anilines is 1. The van der Waals surface area contributed by atoms with E-state index in [2.05, 4.69) is 42.2 Å². The Kier molecular flexibility index (Phi) is 6.29. The summed E-state index contributed by atoms with van der Waals surface area (Å²) >= 11 is 0. The van der Waals surface area contributed by atoms with Gasteiger partial charge in [0.15, 0.2) is 0 Å². The van der Waals surface area contributed by atoms with Crippen molar-refractivity contribution in [2.24, 2.45) is 5.92 Å². The molecule has 1 heterocycles. The zero-order valence-electron chi connectivity index (χ0n) is 15.6. The van der Waals surface area contributed by atoms with Gasteiger partial charge in [-0.3, -0.25) is 9.69 Å². The number of amides is 1. The van der Waals surface area contributed by atoms with Crippen molar-refractivity contribution in [2.75, 3.05) is 31.9 Å². The molecule has 0 spiro atoms. The Labute approximate surface area is 156 Å². The maximum atomic E-state index is 12.7. The molecule has 1 unspecified atom stereocenters. The SMILES string of the molecule is CCN(CC1CCN(Cc2ccccc2)C1)C(=O)Cc1ccc(N)cc1. The van der Waals surface area contributed by atoms with Crippen LogP contribution in [0, 0.1) is 5.92 Å². The van der Waals surface area contributed by atoms with Gasteiger partial charge in [0.2, 0.25) is 5.91 Å². The second-order valence-electron chi connectivity index (χ2n) is 7.23. The van der Waals surface area contributed by atoms with Gasteiger partial charge in [0.25, 0.3) is 0 Å². The third kappa shape index (κ3) is 5.09. The standard InChI is InChI=1S/C22H29N3O/c1-2-25(22(26)14-18-8-10-21(23)11-9-18)17-20-12-13-24(16-20)15-19-6-4-3-5-7-19/h3-11,20H,2,12-17,23H2,1H3. The quantitative estimate of drug-likeness (QED) is 0.780. The van der Waals surface area contributed by atoms with E-state index >= 15 is 0 Å². The first-order chi connectivity index (χ1) is 12.6. The molecule has 0 saturated carbocycles. The first-order valence-corrected chi connectivity index (χ1v) is 9.52. The third-order valence-electron chi connectivity index (χ3n) is 5.17. The van der Waals surface area contributed by atoms with E-state index in [1.807, 2.05) is 29.2 Å². The van der Waals surface area contributed by atoms with Gasteiger partial charge in [0.1, 0.15) is 0 Å². The van der Waals surface area contributed by atoms with E-state index in [0.717, 1.165) is 44.0 Å². The minimum Gasteiger partial charge on any atom is -0.399 e. The van der Waals surface area contributed by atoms with Crippen LogP contribution in [0.3, 0.4) is 0 Å². The fourth-order valence-corrected chi connectivity index (χ4v) is 3.69. The molecule has 2 N–H and O–H groups in total. The second kappa shape index (κ2) is 8.86. The van der Waals surface area contributed by atoms with Crippen LogP contribution in [-0.4, -0.2) is 41.9 Å².